The Morgan fingerprint density at radius 1 is 1.50 bits per heavy atom. The molecule has 0 radical (unpaired) electrons. The van der Waals surface area contributed by atoms with Gasteiger partial charge in [-0.3, -0.25) is 4.98 Å². The SMILES string of the molecule is COc1cc(CNCc2cncs2)ccc1/C(N)=N/O. The lowest BCUT2D eigenvalue weighted by Crippen LogP contribution is -2.16. The van der Waals surface area contributed by atoms with Crippen molar-refractivity contribution in [3.63, 3.8) is 0 Å². The lowest BCUT2D eigenvalue weighted by molar-refractivity contribution is 0.318. The first-order valence-electron chi connectivity index (χ1n) is 5.97. The van der Waals surface area contributed by atoms with Crippen molar-refractivity contribution in [2.75, 3.05) is 7.11 Å². The van der Waals surface area contributed by atoms with Crippen LogP contribution in [0.5, 0.6) is 5.75 Å². The van der Waals surface area contributed by atoms with E-state index in [0.29, 0.717) is 17.9 Å². The van der Waals surface area contributed by atoms with E-state index < -0.39 is 0 Å². The van der Waals surface area contributed by atoms with Gasteiger partial charge in [0.1, 0.15) is 5.75 Å². The van der Waals surface area contributed by atoms with Gasteiger partial charge >= 0.3 is 0 Å². The van der Waals surface area contributed by atoms with Gasteiger partial charge in [0.2, 0.25) is 0 Å². The molecule has 0 aliphatic rings. The number of ether oxygens (including phenoxy) is 1. The Labute approximate surface area is 120 Å². The maximum absolute atomic E-state index is 8.71. The maximum Gasteiger partial charge on any atom is 0.173 e. The lowest BCUT2D eigenvalue weighted by Gasteiger charge is -2.10. The van der Waals surface area contributed by atoms with Crippen molar-refractivity contribution in [2.24, 2.45) is 10.9 Å². The molecule has 1 aromatic heterocycles. The number of methoxy groups -OCH3 is 1. The van der Waals surface area contributed by atoms with Crippen molar-refractivity contribution in [1.82, 2.24) is 10.3 Å². The van der Waals surface area contributed by atoms with Gasteiger partial charge in [0.25, 0.3) is 0 Å². The monoisotopic (exact) mass is 292 g/mol. The summed E-state index contributed by atoms with van der Waals surface area (Å²) in [7, 11) is 1.55. The summed E-state index contributed by atoms with van der Waals surface area (Å²) in [6.07, 6.45) is 1.85. The molecule has 0 unspecified atom stereocenters. The molecule has 0 aliphatic carbocycles. The maximum atomic E-state index is 8.71. The molecule has 0 bridgehead atoms. The largest absolute Gasteiger partial charge is 0.496 e. The van der Waals surface area contributed by atoms with Crippen LogP contribution in [0.3, 0.4) is 0 Å². The molecule has 0 fully saturated rings. The van der Waals surface area contributed by atoms with Crippen molar-refractivity contribution in [1.29, 1.82) is 0 Å². The predicted molar refractivity (Wildman–Crippen MR) is 78.2 cm³/mol. The molecule has 0 saturated carbocycles. The third-order valence-corrected chi connectivity index (χ3v) is 3.54. The summed E-state index contributed by atoms with van der Waals surface area (Å²) in [5.74, 6) is 0.614. The van der Waals surface area contributed by atoms with Crippen LogP contribution in [0.2, 0.25) is 0 Å². The van der Waals surface area contributed by atoms with Gasteiger partial charge in [-0.1, -0.05) is 11.2 Å². The highest BCUT2D eigenvalue weighted by Crippen LogP contribution is 2.20. The highest BCUT2D eigenvalue weighted by molar-refractivity contribution is 7.09. The molecule has 0 atom stereocenters. The fourth-order valence-corrected chi connectivity index (χ4v) is 2.33. The molecule has 0 amide bonds. The van der Waals surface area contributed by atoms with Crippen LogP contribution >= 0.6 is 11.3 Å². The minimum Gasteiger partial charge on any atom is -0.496 e. The molecule has 20 heavy (non-hydrogen) atoms. The van der Waals surface area contributed by atoms with Gasteiger partial charge in [0.15, 0.2) is 5.84 Å². The highest BCUT2D eigenvalue weighted by Gasteiger charge is 2.08. The van der Waals surface area contributed by atoms with Crippen molar-refractivity contribution in [3.05, 3.63) is 45.9 Å². The molecule has 6 nitrogen and oxygen atoms in total. The van der Waals surface area contributed by atoms with Crippen LogP contribution in [-0.2, 0) is 13.1 Å². The zero-order valence-electron chi connectivity index (χ0n) is 11.0. The smallest absolute Gasteiger partial charge is 0.173 e. The standard InChI is InChI=1S/C13H16N4O2S/c1-19-12-4-9(2-3-11(12)13(14)17-18)5-15-6-10-7-16-8-20-10/h2-4,7-8,15,18H,5-6H2,1H3,(H2,14,17). The second kappa shape index (κ2) is 6.88. The van der Waals surface area contributed by atoms with E-state index in [9.17, 15) is 0 Å². The Kier molecular flexibility index (Phi) is 4.91. The lowest BCUT2D eigenvalue weighted by atomic mass is 10.1. The summed E-state index contributed by atoms with van der Waals surface area (Å²) >= 11 is 1.62. The quantitative estimate of drug-likeness (QED) is 0.325. The highest BCUT2D eigenvalue weighted by atomic mass is 32.1. The molecule has 7 heteroatoms. The average molecular weight is 292 g/mol. The van der Waals surface area contributed by atoms with E-state index in [1.807, 2.05) is 23.8 Å². The van der Waals surface area contributed by atoms with E-state index in [-0.39, 0.29) is 5.84 Å². The van der Waals surface area contributed by atoms with Gasteiger partial charge < -0.3 is 21.0 Å². The molecule has 0 spiro atoms. The molecule has 2 rings (SSSR count). The van der Waals surface area contributed by atoms with Crippen LogP contribution in [-0.4, -0.2) is 23.1 Å². The van der Waals surface area contributed by atoms with E-state index in [1.165, 1.54) is 4.88 Å². The summed E-state index contributed by atoms with van der Waals surface area (Å²) in [5, 5.41) is 15.0. The minimum absolute atomic E-state index is 0.0334. The van der Waals surface area contributed by atoms with E-state index in [1.54, 1.807) is 24.5 Å². The van der Waals surface area contributed by atoms with E-state index in [2.05, 4.69) is 15.5 Å². The average Bonchev–Trinajstić information content (AvgIpc) is 2.99. The first-order chi connectivity index (χ1) is 9.74. The number of nitrogens with zero attached hydrogens (tertiary/aromatic N) is 2. The van der Waals surface area contributed by atoms with Crippen molar-refractivity contribution in [3.8, 4) is 5.75 Å². The van der Waals surface area contributed by atoms with Crippen molar-refractivity contribution < 1.29 is 9.94 Å². The Morgan fingerprint density at radius 2 is 2.35 bits per heavy atom. The number of rotatable bonds is 6. The number of hydrogen-bond acceptors (Lipinski definition) is 6. The number of aromatic nitrogens is 1. The molecule has 0 aliphatic heterocycles. The zero-order valence-corrected chi connectivity index (χ0v) is 11.9. The minimum atomic E-state index is 0.0334. The number of hydrogen-bond donors (Lipinski definition) is 3. The van der Waals surface area contributed by atoms with Gasteiger partial charge in [-0.2, -0.15) is 0 Å². The van der Waals surface area contributed by atoms with Crippen LogP contribution in [0.4, 0.5) is 0 Å². The summed E-state index contributed by atoms with van der Waals surface area (Å²) in [6, 6.07) is 5.56. The van der Waals surface area contributed by atoms with Crippen molar-refractivity contribution in [2.45, 2.75) is 13.1 Å². The van der Waals surface area contributed by atoms with Crippen LogP contribution in [0.25, 0.3) is 0 Å². The Morgan fingerprint density at radius 3 is 3.00 bits per heavy atom. The second-order valence-corrected chi connectivity index (χ2v) is 5.06. The molecular formula is C13H16N4O2S. The predicted octanol–water partition coefficient (Wildman–Crippen LogP) is 1.54. The topological polar surface area (TPSA) is 92.8 Å². The first kappa shape index (κ1) is 14.3. The number of benzene rings is 1. The normalized spacial score (nSPS) is 11.6. The fraction of sp³-hybridized carbons (Fsp3) is 0.231. The van der Waals surface area contributed by atoms with Crippen LogP contribution in [0, 0.1) is 0 Å². The molecule has 1 aromatic carbocycles. The number of thiazole rings is 1. The second-order valence-electron chi connectivity index (χ2n) is 4.09. The summed E-state index contributed by atoms with van der Waals surface area (Å²) in [4.78, 5) is 5.21. The van der Waals surface area contributed by atoms with E-state index >= 15 is 0 Å². The molecular weight excluding hydrogens is 276 g/mol. The number of nitrogens with two attached hydrogens (primary N) is 1. The number of amidine groups is 1. The zero-order chi connectivity index (χ0) is 14.4. The number of oxime groups is 1. The molecule has 4 N–H and O–H groups in total. The van der Waals surface area contributed by atoms with Gasteiger partial charge in [-0.25, -0.2) is 0 Å². The Hall–Kier alpha value is -2.12. The summed E-state index contributed by atoms with van der Waals surface area (Å²) in [6.45, 7) is 1.47. The van der Waals surface area contributed by atoms with Crippen LogP contribution in [0.15, 0.2) is 35.1 Å². The Bertz CT molecular complexity index is 584. The third kappa shape index (κ3) is 3.46. The van der Waals surface area contributed by atoms with Crippen LogP contribution in [0.1, 0.15) is 16.0 Å². The molecule has 2 aromatic rings. The number of nitrogens with one attached hydrogen (secondary N) is 1. The molecule has 1 heterocycles. The fourth-order valence-electron chi connectivity index (χ4n) is 1.77. The van der Waals surface area contributed by atoms with Crippen LogP contribution < -0.4 is 15.8 Å². The molecule has 106 valence electrons. The van der Waals surface area contributed by atoms with Crippen molar-refractivity contribution >= 4 is 17.2 Å². The molecule has 0 saturated heterocycles. The first-order valence-corrected chi connectivity index (χ1v) is 6.85. The van der Waals surface area contributed by atoms with Gasteiger partial charge in [-0.15, -0.1) is 11.3 Å². The summed E-state index contributed by atoms with van der Waals surface area (Å²) < 4.78 is 5.25. The summed E-state index contributed by atoms with van der Waals surface area (Å²) in [5.41, 5.74) is 9.02. The van der Waals surface area contributed by atoms with Gasteiger partial charge in [0.05, 0.1) is 18.2 Å². The van der Waals surface area contributed by atoms with Gasteiger partial charge in [0, 0.05) is 24.2 Å². The Balaban J connectivity index is 2.02. The van der Waals surface area contributed by atoms with Gasteiger partial charge in [-0.05, 0) is 17.7 Å². The van der Waals surface area contributed by atoms with E-state index in [4.69, 9.17) is 15.7 Å². The third-order valence-electron chi connectivity index (χ3n) is 2.76. The van der Waals surface area contributed by atoms with E-state index in [0.717, 1.165) is 12.1 Å².